The minimum absolute atomic E-state index is 0.112. The SMILES string of the molecule is C#CCC/C(O)=C(\C#N)C(=O)Nc1ccc(C)cc1. The number of aliphatic hydroxyl groups is 1. The molecule has 0 aromatic heterocycles. The van der Waals surface area contributed by atoms with Gasteiger partial charge in [0.1, 0.15) is 11.8 Å². The van der Waals surface area contributed by atoms with E-state index in [2.05, 4.69) is 11.2 Å². The molecule has 2 N–H and O–H groups in total. The van der Waals surface area contributed by atoms with E-state index in [4.69, 9.17) is 11.7 Å². The van der Waals surface area contributed by atoms with Crippen molar-refractivity contribution in [3.8, 4) is 18.4 Å². The average molecular weight is 254 g/mol. The zero-order valence-electron chi connectivity index (χ0n) is 10.6. The van der Waals surface area contributed by atoms with Crippen LogP contribution in [0.15, 0.2) is 35.6 Å². The van der Waals surface area contributed by atoms with Gasteiger partial charge >= 0.3 is 0 Å². The first kappa shape index (κ1) is 14.3. The number of carbonyl (C=O) groups is 1. The second-order valence-corrected chi connectivity index (χ2v) is 3.96. The molecule has 1 rings (SSSR count). The molecule has 4 nitrogen and oxygen atoms in total. The van der Waals surface area contributed by atoms with E-state index < -0.39 is 5.91 Å². The lowest BCUT2D eigenvalue weighted by molar-refractivity contribution is -0.112. The van der Waals surface area contributed by atoms with Crippen molar-refractivity contribution in [2.75, 3.05) is 5.32 Å². The van der Waals surface area contributed by atoms with Gasteiger partial charge in [-0.3, -0.25) is 4.79 Å². The van der Waals surface area contributed by atoms with Crippen molar-refractivity contribution in [3.05, 3.63) is 41.2 Å². The van der Waals surface area contributed by atoms with E-state index in [9.17, 15) is 9.90 Å². The number of nitriles is 1. The van der Waals surface area contributed by atoms with E-state index >= 15 is 0 Å². The number of aryl methyl sites for hydroxylation is 1. The molecule has 0 saturated heterocycles. The first-order valence-corrected chi connectivity index (χ1v) is 5.72. The molecule has 19 heavy (non-hydrogen) atoms. The second-order valence-electron chi connectivity index (χ2n) is 3.96. The van der Waals surface area contributed by atoms with Gasteiger partial charge in [-0.1, -0.05) is 17.7 Å². The van der Waals surface area contributed by atoms with Gasteiger partial charge in [-0.05, 0) is 19.1 Å². The van der Waals surface area contributed by atoms with Crippen molar-refractivity contribution in [1.82, 2.24) is 0 Å². The summed E-state index contributed by atoms with van der Waals surface area (Å²) < 4.78 is 0. The number of carbonyl (C=O) groups excluding carboxylic acids is 1. The Hall–Kier alpha value is -2.72. The third kappa shape index (κ3) is 4.22. The molecule has 0 radical (unpaired) electrons. The summed E-state index contributed by atoms with van der Waals surface area (Å²) in [5.41, 5.74) is 1.31. The van der Waals surface area contributed by atoms with Crippen molar-refractivity contribution in [2.45, 2.75) is 19.8 Å². The van der Waals surface area contributed by atoms with Crippen LogP contribution in [0.5, 0.6) is 0 Å². The normalized spacial score (nSPS) is 10.9. The average Bonchev–Trinajstić information content (AvgIpc) is 2.40. The number of hydrogen-bond donors (Lipinski definition) is 2. The molecule has 0 unspecified atom stereocenters. The van der Waals surface area contributed by atoms with Crippen LogP contribution < -0.4 is 5.32 Å². The molecule has 1 aromatic carbocycles. The Bertz CT molecular complexity index is 572. The minimum atomic E-state index is -0.638. The fraction of sp³-hybridized carbons (Fsp3) is 0.200. The highest BCUT2D eigenvalue weighted by Crippen LogP contribution is 2.13. The van der Waals surface area contributed by atoms with Gasteiger partial charge in [0.25, 0.3) is 5.91 Å². The maximum absolute atomic E-state index is 11.8. The lowest BCUT2D eigenvalue weighted by Crippen LogP contribution is -2.15. The third-order valence-corrected chi connectivity index (χ3v) is 2.44. The second kappa shape index (κ2) is 6.88. The lowest BCUT2D eigenvalue weighted by Gasteiger charge is -2.06. The Labute approximate surface area is 112 Å². The van der Waals surface area contributed by atoms with Gasteiger partial charge < -0.3 is 10.4 Å². The van der Waals surface area contributed by atoms with Crippen molar-refractivity contribution >= 4 is 11.6 Å². The number of terminal acetylenes is 1. The van der Waals surface area contributed by atoms with Crippen LogP contribution in [0.3, 0.4) is 0 Å². The van der Waals surface area contributed by atoms with E-state index in [1.807, 2.05) is 19.1 Å². The molecular formula is C15H14N2O2. The molecule has 0 aliphatic heterocycles. The number of anilines is 1. The van der Waals surface area contributed by atoms with Crippen LogP contribution in [0.1, 0.15) is 18.4 Å². The smallest absolute Gasteiger partial charge is 0.269 e. The topological polar surface area (TPSA) is 73.1 Å². The van der Waals surface area contributed by atoms with Gasteiger partial charge in [0.2, 0.25) is 0 Å². The predicted molar refractivity (Wildman–Crippen MR) is 73.1 cm³/mol. The number of amides is 1. The van der Waals surface area contributed by atoms with Gasteiger partial charge in [-0.2, -0.15) is 5.26 Å². The Morgan fingerprint density at radius 3 is 2.58 bits per heavy atom. The minimum Gasteiger partial charge on any atom is -0.511 e. The number of hydrogen-bond acceptors (Lipinski definition) is 3. The zero-order chi connectivity index (χ0) is 14.3. The fourth-order valence-electron chi connectivity index (χ4n) is 1.39. The van der Waals surface area contributed by atoms with Gasteiger partial charge in [-0.15, -0.1) is 12.3 Å². The summed E-state index contributed by atoms with van der Waals surface area (Å²) in [5, 5.41) is 21.1. The highest BCUT2D eigenvalue weighted by atomic mass is 16.3. The molecule has 4 heteroatoms. The van der Waals surface area contributed by atoms with Gasteiger partial charge in [0, 0.05) is 18.5 Å². The van der Waals surface area contributed by atoms with Gasteiger partial charge in [-0.25, -0.2) is 0 Å². The van der Waals surface area contributed by atoms with E-state index in [0.717, 1.165) is 5.56 Å². The van der Waals surface area contributed by atoms with Crippen LogP contribution in [0, 0.1) is 30.6 Å². The van der Waals surface area contributed by atoms with E-state index in [-0.39, 0.29) is 24.2 Å². The molecule has 0 atom stereocenters. The molecule has 96 valence electrons. The number of nitrogens with zero attached hydrogens (tertiary/aromatic N) is 1. The quantitative estimate of drug-likeness (QED) is 0.375. The summed E-state index contributed by atoms with van der Waals surface area (Å²) in [4.78, 5) is 11.8. The number of aliphatic hydroxyl groups excluding tert-OH is 1. The zero-order valence-corrected chi connectivity index (χ0v) is 10.6. The molecule has 0 saturated carbocycles. The molecule has 0 spiro atoms. The standard InChI is InChI=1S/C15H14N2O2/c1-3-4-5-14(18)13(10-16)15(19)17-12-8-6-11(2)7-9-12/h1,6-9,18H,4-5H2,2H3,(H,17,19)/b14-13-. The summed E-state index contributed by atoms with van der Waals surface area (Å²) in [6.45, 7) is 1.93. The van der Waals surface area contributed by atoms with E-state index in [1.54, 1.807) is 18.2 Å². The summed E-state index contributed by atoms with van der Waals surface area (Å²) in [7, 11) is 0. The molecule has 0 aliphatic rings. The van der Waals surface area contributed by atoms with Crippen LogP contribution in [0.2, 0.25) is 0 Å². The van der Waals surface area contributed by atoms with Gasteiger partial charge in [0.15, 0.2) is 5.57 Å². The maximum Gasteiger partial charge on any atom is 0.269 e. The first-order chi connectivity index (χ1) is 9.08. The Balaban J connectivity index is 2.83. The monoisotopic (exact) mass is 254 g/mol. The Kier molecular flexibility index (Phi) is 5.19. The maximum atomic E-state index is 11.8. The van der Waals surface area contributed by atoms with Crippen LogP contribution in [-0.2, 0) is 4.79 Å². The highest BCUT2D eigenvalue weighted by molar-refractivity contribution is 6.06. The van der Waals surface area contributed by atoms with Gasteiger partial charge in [0.05, 0.1) is 0 Å². The molecule has 0 fully saturated rings. The van der Waals surface area contributed by atoms with Crippen LogP contribution in [0.4, 0.5) is 5.69 Å². The van der Waals surface area contributed by atoms with Crippen molar-refractivity contribution < 1.29 is 9.90 Å². The molecular weight excluding hydrogens is 240 g/mol. The number of nitrogens with one attached hydrogen (secondary N) is 1. The van der Waals surface area contributed by atoms with Crippen molar-refractivity contribution in [2.24, 2.45) is 0 Å². The fourth-order valence-corrected chi connectivity index (χ4v) is 1.39. The van der Waals surface area contributed by atoms with E-state index in [1.165, 1.54) is 0 Å². The molecule has 1 amide bonds. The molecule has 1 aromatic rings. The molecule has 0 aliphatic carbocycles. The predicted octanol–water partition coefficient (Wildman–Crippen LogP) is 2.68. The molecule has 0 bridgehead atoms. The Morgan fingerprint density at radius 1 is 1.42 bits per heavy atom. The highest BCUT2D eigenvalue weighted by Gasteiger charge is 2.14. The summed E-state index contributed by atoms with van der Waals surface area (Å²) >= 11 is 0. The van der Waals surface area contributed by atoms with Crippen LogP contribution >= 0.6 is 0 Å². The third-order valence-electron chi connectivity index (χ3n) is 2.44. The number of allylic oxidation sites excluding steroid dienone is 1. The largest absolute Gasteiger partial charge is 0.511 e. The first-order valence-electron chi connectivity index (χ1n) is 5.72. The van der Waals surface area contributed by atoms with E-state index in [0.29, 0.717) is 5.69 Å². The Morgan fingerprint density at radius 2 is 2.05 bits per heavy atom. The molecule has 0 heterocycles. The summed E-state index contributed by atoms with van der Waals surface area (Å²) in [5.74, 6) is 1.41. The summed E-state index contributed by atoms with van der Waals surface area (Å²) in [6.07, 6.45) is 5.45. The number of rotatable bonds is 4. The lowest BCUT2D eigenvalue weighted by atomic mass is 10.1. The van der Waals surface area contributed by atoms with Crippen LogP contribution in [-0.4, -0.2) is 11.0 Å². The van der Waals surface area contributed by atoms with Crippen LogP contribution in [0.25, 0.3) is 0 Å². The van der Waals surface area contributed by atoms with Crippen molar-refractivity contribution in [3.63, 3.8) is 0 Å². The summed E-state index contributed by atoms with van der Waals surface area (Å²) in [6, 6.07) is 8.81. The number of benzene rings is 1. The van der Waals surface area contributed by atoms with Crippen molar-refractivity contribution in [1.29, 1.82) is 5.26 Å².